The van der Waals surface area contributed by atoms with Gasteiger partial charge in [0.2, 0.25) is 0 Å². The molecule has 12 aliphatic rings. The SMILES string of the molecule is CC1(C)CC(ON2NC(NC3CC(C)(C)N(C4CC(C)(C)NC(C)(C)C4)C(C)(C)C3)=CC(=NCCN(CCN=C3C=C(NC4CC(C)(C)N(C5CC(C)(C)NC(C)(C)C5)C(C)(C)C4)NN(OC4CC(C)(C)NC(C)(C)C4)N3)C3=CC(=NC4CC(C)(C)N(C5CC(C)(C)NC(C)(C)C5)C(C)(C)C4)NN(OC4CC(C)(C)NC(C)(C)C4)N3)N2)CC(C)(C)N1. The summed E-state index contributed by atoms with van der Waals surface area (Å²) in [6.07, 6.45) is 23.3. The molecule has 0 unspecified atom stereocenters. The van der Waals surface area contributed by atoms with Gasteiger partial charge in [0.25, 0.3) is 0 Å². The lowest BCUT2D eigenvalue weighted by molar-refractivity contribution is -0.262. The Bertz CT molecular complexity index is 3540. The van der Waals surface area contributed by atoms with Gasteiger partial charge in [0.1, 0.15) is 35.0 Å². The van der Waals surface area contributed by atoms with Crippen molar-refractivity contribution in [2.45, 2.75) is 519 Å². The Hall–Kier alpha value is -4.17. The number of nitrogens with zero attached hydrogens (tertiary/aromatic N) is 10. The van der Waals surface area contributed by atoms with Crippen molar-refractivity contribution in [2.24, 2.45) is 15.0 Å². The number of aliphatic imine (C=N–C) groups is 3. The molecule has 0 atom stereocenters. The van der Waals surface area contributed by atoms with Crippen LogP contribution >= 0.6 is 0 Å². The molecule has 9 fully saturated rings. The second kappa shape index (κ2) is 33.1. The molecule has 692 valence electrons. The molecular formula is C94H178N24O3. The van der Waals surface area contributed by atoms with E-state index < -0.39 is 0 Å². The normalized spacial score (nSPS) is 31.9. The number of hydrazine groups is 6. The van der Waals surface area contributed by atoms with E-state index in [-0.39, 0.29) is 136 Å². The van der Waals surface area contributed by atoms with Crippen molar-refractivity contribution in [3.05, 3.63) is 35.7 Å². The second-order valence-corrected chi connectivity index (χ2v) is 51.7. The first-order chi connectivity index (χ1) is 54.9. The summed E-state index contributed by atoms with van der Waals surface area (Å²) < 4.78 is 0. The first-order valence-electron chi connectivity index (χ1n) is 47.2. The molecule has 0 aromatic carbocycles. The summed E-state index contributed by atoms with van der Waals surface area (Å²) in [6.45, 7) is 87.3. The maximum absolute atomic E-state index is 7.26. The minimum Gasteiger partial charge on any atom is -0.368 e. The molecule has 27 nitrogen and oxygen atoms in total. The van der Waals surface area contributed by atoms with Crippen LogP contribution in [0.1, 0.15) is 365 Å². The first-order valence-corrected chi connectivity index (χ1v) is 47.2. The smallest absolute Gasteiger partial charge is 0.142 e. The first kappa shape index (κ1) is 95.9. The molecule has 0 spiro atoms. The summed E-state index contributed by atoms with van der Waals surface area (Å²) in [5, 5.41) is 37.0. The lowest BCUT2D eigenvalue weighted by atomic mass is 9.71. The summed E-state index contributed by atoms with van der Waals surface area (Å²) in [4.78, 5) is 49.5. The Kier molecular flexibility index (Phi) is 26.2. The van der Waals surface area contributed by atoms with E-state index in [1.165, 1.54) is 0 Å². The molecule has 12 rings (SSSR count). The molecule has 12 heterocycles. The van der Waals surface area contributed by atoms with Gasteiger partial charge in [-0.2, -0.15) is 0 Å². The molecule has 0 aliphatic carbocycles. The van der Waals surface area contributed by atoms with Crippen LogP contribution < -0.4 is 75.1 Å². The summed E-state index contributed by atoms with van der Waals surface area (Å²) in [5.41, 5.74) is 20.7. The lowest BCUT2D eigenvalue weighted by Crippen LogP contribution is -2.71. The molecule has 0 bridgehead atoms. The summed E-state index contributed by atoms with van der Waals surface area (Å²) in [5.74, 6) is 4.64. The highest BCUT2D eigenvalue weighted by molar-refractivity contribution is 5.94. The van der Waals surface area contributed by atoms with Crippen LogP contribution in [-0.2, 0) is 14.5 Å². The fourth-order valence-corrected chi connectivity index (χ4v) is 28.4. The molecule has 0 aromatic heterocycles. The molecule has 9 saturated heterocycles. The van der Waals surface area contributed by atoms with Gasteiger partial charge in [-0.05, 0) is 381 Å². The number of hydrogen-bond acceptors (Lipinski definition) is 24. The summed E-state index contributed by atoms with van der Waals surface area (Å²) in [6, 6.07) is 1.58. The number of piperidine rings is 9. The van der Waals surface area contributed by atoms with Crippen molar-refractivity contribution in [1.82, 2.24) is 111 Å². The maximum Gasteiger partial charge on any atom is 0.142 e. The van der Waals surface area contributed by atoms with E-state index >= 15 is 0 Å². The molecule has 0 aromatic rings. The topological polar surface area (TPSA) is 256 Å². The Morgan fingerprint density at radius 2 is 0.537 bits per heavy atom. The molecule has 27 heteroatoms. The van der Waals surface area contributed by atoms with Crippen LogP contribution in [0.15, 0.2) is 50.7 Å². The zero-order valence-electron chi connectivity index (χ0n) is 83.2. The van der Waals surface area contributed by atoms with Gasteiger partial charge < -0.3 is 47.4 Å². The second-order valence-electron chi connectivity index (χ2n) is 51.7. The Morgan fingerprint density at radius 1 is 0.298 bits per heavy atom. The Labute approximate surface area is 734 Å². The van der Waals surface area contributed by atoms with Crippen LogP contribution in [-0.4, -0.2) is 233 Å². The van der Waals surface area contributed by atoms with E-state index in [0.717, 1.165) is 139 Å². The number of rotatable bonds is 21. The molecule has 0 radical (unpaired) electrons. The molecule has 14 N–H and O–H groups in total. The number of hydrogen-bond donors (Lipinski definition) is 14. The third kappa shape index (κ3) is 24.8. The molecule has 0 saturated carbocycles. The van der Waals surface area contributed by atoms with Crippen molar-refractivity contribution < 1.29 is 14.5 Å². The predicted molar refractivity (Wildman–Crippen MR) is 497 cm³/mol. The van der Waals surface area contributed by atoms with Crippen LogP contribution in [0.3, 0.4) is 0 Å². The van der Waals surface area contributed by atoms with E-state index in [2.05, 4.69) is 362 Å². The van der Waals surface area contributed by atoms with E-state index in [0.29, 0.717) is 56.0 Å². The molecule has 0 amide bonds. The fraction of sp³-hybridized carbons (Fsp3) is 0.904. The zero-order chi connectivity index (χ0) is 89.5. The fourth-order valence-electron chi connectivity index (χ4n) is 28.4. The van der Waals surface area contributed by atoms with Gasteiger partial charge in [0.05, 0.1) is 37.4 Å². The maximum atomic E-state index is 7.26. The van der Waals surface area contributed by atoms with Crippen LogP contribution in [0.25, 0.3) is 0 Å². The summed E-state index contributed by atoms with van der Waals surface area (Å²) >= 11 is 0. The minimum atomic E-state index is -0.173. The van der Waals surface area contributed by atoms with Crippen LogP contribution in [0, 0.1) is 0 Å². The van der Waals surface area contributed by atoms with Gasteiger partial charge in [-0.3, -0.25) is 76.7 Å². The summed E-state index contributed by atoms with van der Waals surface area (Å²) in [7, 11) is 0. The van der Waals surface area contributed by atoms with Crippen molar-refractivity contribution in [3.8, 4) is 0 Å². The van der Waals surface area contributed by atoms with Gasteiger partial charge in [-0.25, -0.2) is 0 Å². The average molecular weight is 1690 g/mol. The van der Waals surface area contributed by atoms with Crippen LogP contribution in [0.5, 0.6) is 0 Å². The van der Waals surface area contributed by atoms with Gasteiger partial charge >= 0.3 is 0 Å². The van der Waals surface area contributed by atoms with Gasteiger partial charge in [0.15, 0.2) is 0 Å². The number of amidine groups is 3. The molecular weight excluding hydrogens is 1510 g/mol. The predicted octanol–water partition coefficient (Wildman–Crippen LogP) is 12.9. The van der Waals surface area contributed by atoms with E-state index in [1.54, 1.807) is 15.8 Å². The molecule has 121 heavy (non-hydrogen) atoms. The van der Waals surface area contributed by atoms with E-state index in [1.807, 2.05) is 0 Å². The quantitative estimate of drug-likeness (QED) is 0.0510. The van der Waals surface area contributed by atoms with Crippen molar-refractivity contribution in [2.75, 3.05) is 26.2 Å². The van der Waals surface area contributed by atoms with Crippen LogP contribution in [0.2, 0.25) is 0 Å². The highest BCUT2D eigenvalue weighted by atomic mass is 16.8. The average Bonchev–Trinajstić information content (AvgIpc) is 0.746. The van der Waals surface area contributed by atoms with Gasteiger partial charge in [-0.15, -0.1) is 0 Å². The third-order valence-electron chi connectivity index (χ3n) is 28.0. The third-order valence-corrected chi connectivity index (χ3v) is 28.0. The number of likely N-dealkylation sites (tertiary alicyclic amines) is 3. The highest BCUT2D eigenvalue weighted by Gasteiger charge is 2.57. The van der Waals surface area contributed by atoms with E-state index in [4.69, 9.17) is 29.5 Å². The minimum absolute atomic E-state index is 0.00344. The van der Waals surface area contributed by atoms with Gasteiger partial charge in [0, 0.05) is 161 Å². The van der Waals surface area contributed by atoms with Crippen molar-refractivity contribution in [3.63, 3.8) is 0 Å². The standard InChI is InChI=1S/C94H178N24O3/c1-77(2)50-65(51-78(3,4)106-77)113-89(25,26)44-62(45-90(113,27)28)97-73-41-71(100-116(102-73)119-68-56-83(13,14)109-84(15,16)57-68)95-37-39-112(76-43-75(104-118(105-76)121-70-60-87(21,22)111-88(23,24)61-70)99-64-48-93(33,34)115(94(35,36)49-64)67-54-81(9,10)108-82(11,12)55-67)40-38-96-72-42-74(103-117(101-72)120-69-58-85(17,18)110-86(19,20)59-69)98-63-46-91(29,30)114(92(31,32)47-63)66-52-79(5,6)107-80(7,8)53-66/h41-43,62-70,97-98,102-103,105-111H,37-40,44-61H2,1-36H3,(H,95,100)(H,96,101)(H,99,104). The monoisotopic (exact) mass is 1690 g/mol. The van der Waals surface area contributed by atoms with Crippen molar-refractivity contribution >= 4 is 17.5 Å². The van der Waals surface area contributed by atoms with Crippen molar-refractivity contribution in [1.29, 1.82) is 0 Å². The Balaban J connectivity index is 0.899. The van der Waals surface area contributed by atoms with E-state index in [9.17, 15) is 0 Å². The molecule has 12 aliphatic heterocycles. The highest BCUT2D eigenvalue weighted by Crippen LogP contribution is 2.50. The largest absolute Gasteiger partial charge is 0.368 e. The Morgan fingerprint density at radius 3 is 0.810 bits per heavy atom. The zero-order valence-corrected chi connectivity index (χ0v) is 83.2. The van der Waals surface area contributed by atoms with Gasteiger partial charge in [-0.1, -0.05) is 0 Å². The lowest BCUT2D eigenvalue weighted by Gasteiger charge is -2.62. The number of nitrogens with one attached hydrogen (secondary N) is 14. The van der Waals surface area contributed by atoms with Crippen LogP contribution in [0.4, 0.5) is 0 Å².